The molecule has 34 heavy (non-hydrogen) atoms. The zero-order valence-corrected chi connectivity index (χ0v) is 20.1. The summed E-state index contributed by atoms with van der Waals surface area (Å²) in [5.41, 5.74) is 3.65. The van der Waals surface area contributed by atoms with Gasteiger partial charge in [0.1, 0.15) is 16.5 Å². The van der Waals surface area contributed by atoms with Crippen LogP contribution in [-0.2, 0) is 16.1 Å². The van der Waals surface area contributed by atoms with Gasteiger partial charge in [-0.3, -0.25) is 14.8 Å². The number of fused-ring (bicyclic) bond motifs is 1. The summed E-state index contributed by atoms with van der Waals surface area (Å²) in [6.07, 6.45) is 2.82. The number of para-hydroxylation sites is 2. The number of carbonyl (C=O) groups is 2. The molecular formula is C24H29N5O4S. The molecule has 2 aromatic heterocycles. The Labute approximate surface area is 201 Å². The molecule has 10 heteroatoms. The number of thiazole rings is 1. The standard InChI is InChI=1S/C24H29N5O4S/c1-14(2)21-26-16-6-3-4-7-19(16)29(21)12-20-25-18(13-34-20)23(31)27-17-11-24(8-5-9-33-24)10-15(17)22(30)28-32/h3-4,6-7,13-15,17,32H,5,8-12H2,1-2H3,(H,27,31)(H,28,30)/t15-,17-,24-/m1/s1. The molecule has 1 aliphatic carbocycles. The molecule has 3 N–H and O–H groups in total. The predicted octanol–water partition coefficient (Wildman–Crippen LogP) is 3.23. The maximum absolute atomic E-state index is 13.0. The number of carbonyl (C=O) groups excluding carboxylic acids is 2. The highest BCUT2D eigenvalue weighted by Gasteiger charge is 2.51. The lowest BCUT2D eigenvalue weighted by Crippen LogP contribution is -2.43. The van der Waals surface area contributed by atoms with E-state index in [2.05, 4.69) is 28.7 Å². The van der Waals surface area contributed by atoms with Gasteiger partial charge in [-0.25, -0.2) is 15.4 Å². The Morgan fingerprint density at radius 3 is 2.85 bits per heavy atom. The first-order valence-electron chi connectivity index (χ1n) is 11.7. The Morgan fingerprint density at radius 2 is 2.12 bits per heavy atom. The first-order chi connectivity index (χ1) is 16.4. The van der Waals surface area contributed by atoms with Crippen LogP contribution in [0.5, 0.6) is 0 Å². The quantitative estimate of drug-likeness (QED) is 0.366. The molecule has 0 radical (unpaired) electrons. The van der Waals surface area contributed by atoms with Crippen LogP contribution in [0, 0.1) is 5.92 Å². The molecule has 1 aliphatic heterocycles. The Morgan fingerprint density at radius 1 is 1.29 bits per heavy atom. The lowest BCUT2D eigenvalue weighted by atomic mass is 9.96. The van der Waals surface area contributed by atoms with Crippen LogP contribution < -0.4 is 10.8 Å². The average Bonchev–Trinajstić information content (AvgIpc) is 3.61. The molecule has 1 saturated carbocycles. The molecule has 3 aromatic rings. The lowest BCUT2D eigenvalue weighted by Gasteiger charge is -2.22. The van der Waals surface area contributed by atoms with Crippen molar-refractivity contribution in [3.8, 4) is 0 Å². The maximum atomic E-state index is 13.0. The molecule has 0 unspecified atom stereocenters. The van der Waals surface area contributed by atoms with Crippen molar-refractivity contribution in [3.05, 3.63) is 46.2 Å². The van der Waals surface area contributed by atoms with Crippen molar-refractivity contribution in [2.75, 3.05) is 6.61 Å². The first kappa shape index (κ1) is 22.9. The number of hydroxylamine groups is 1. The minimum Gasteiger partial charge on any atom is -0.375 e. The van der Waals surface area contributed by atoms with Gasteiger partial charge in [-0.2, -0.15) is 0 Å². The van der Waals surface area contributed by atoms with Crippen LogP contribution in [0.25, 0.3) is 11.0 Å². The molecule has 2 fully saturated rings. The van der Waals surface area contributed by atoms with Crippen LogP contribution in [0.1, 0.15) is 66.8 Å². The summed E-state index contributed by atoms with van der Waals surface area (Å²) in [4.78, 5) is 34.7. The number of rotatable bonds is 6. The highest BCUT2D eigenvalue weighted by Crippen LogP contribution is 2.44. The van der Waals surface area contributed by atoms with Crippen molar-refractivity contribution in [2.24, 2.45) is 5.92 Å². The summed E-state index contributed by atoms with van der Waals surface area (Å²) in [6, 6.07) is 7.59. The van der Waals surface area contributed by atoms with Crippen molar-refractivity contribution in [2.45, 2.75) is 63.6 Å². The van der Waals surface area contributed by atoms with Crippen LogP contribution in [0.3, 0.4) is 0 Å². The fourth-order valence-electron chi connectivity index (χ4n) is 5.32. The van der Waals surface area contributed by atoms with Gasteiger partial charge in [0.05, 0.1) is 29.1 Å². The van der Waals surface area contributed by atoms with E-state index in [0.29, 0.717) is 31.7 Å². The number of imidazole rings is 1. The van der Waals surface area contributed by atoms with E-state index >= 15 is 0 Å². The van der Waals surface area contributed by atoms with Crippen LogP contribution in [0.2, 0.25) is 0 Å². The molecule has 1 spiro atoms. The van der Waals surface area contributed by atoms with Gasteiger partial charge in [-0.1, -0.05) is 26.0 Å². The smallest absolute Gasteiger partial charge is 0.271 e. The van der Waals surface area contributed by atoms with Crippen LogP contribution in [0.15, 0.2) is 29.6 Å². The number of benzene rings is 1. The molecule has 1 aromatic carbocycles. The Hall–Kier alpha value is -2.82. The fraction of sp³-hybridized carbons (Fsp3) is 0.500. The Balaban J connectivity index is 1.33. The van der Waals surface area contributed by atoms with E-state index < -0.39 is 23.5 Å². The van der Waals surface area contributed by atoms with Gasteiger partial charge in [-0.15, -0.1) is 11.3 Å². The number of hydrogen-bond acceptors (Lipinski definition) is 7. The van der Waals surface area contributed by atoms with E-state index in [1.807, 2.05) is 24.3 Å². The van der Waals surface area contributed by atoms with Crippen molar-refractivity contribution in [1.29, 1.82) is 0 Å². The van der Waals surface area contributed by atoms with Gasteiger partial charge in [0.2, 0.25) is 5.91 Å². The van der Waals surface area contributed by atoms with Gasteiger partial charge in [0.15, 0.2) is 0 Å². The van der Waals surface area contributed by atoms with Crippen molar-refractivity contribution >= 4 is 34.2 Å². The van der Waals surface area contributed by atoms with Gasteiger partial charge in [-0.05, 0) is 37.8 Å². The van der Waals surface area contributed by atoms with E-state index in [9.17, 15) is 14.8 Å². The van der Waals surface area contributed by atoms with Gasteiger partial charge >= 0.3 is 0 Å². The molecule has 1 saturated heterocycles. The van der Waals surface area contributed by atoms with Crippen molar-refractivity contribution in [3.63, 3.8) is 0 Å². The maximum Gasteiger partial charge on any atom is 0.271 e. The van der Waals surface area contributed by atoms with E-state index in [1.54, 1.807) is 10.9 Å². The summed E-state index contributed by atoms with van der Waals surface area (Å²) in [5.74, 6) is -0.135. The molecule has 5 rings (SSSR count). The summed E-state index contributed by atoms with van der Waals surface area (Å²) >= 11 is 1.43. The second kappa shape index (κ2) is 9.09. The molecular weight excluding hydrogens is 454 g/mol. The van der Waals surface area contributed by atoms with Crippen LogP contribution >= 0.6 is 11.3 Å². The predicted molar refractivity (Wildman–Crippen MR) is 127 cm³/mol. The monoisotopic (exact) mass is 483 g/mol. The fourth-order valence-corrected chi connectivity index (χ4v) is 6.09. The molecule has 0 bridgehead atoms. The summed E-state index contributed by atoms with van der Waals surface area (Å²) in [6.45, 7) is 5.41. The molecule has 180 valence electrons. The molecule has 9 nitrogen and oxygen atoms in total. The first-order valence-corrected chi connectivity index (χ1v) is 12.6. The van der Waals surface area contributed by atoms with E-state index in [4.69, 9.17) is 9.72 Å². The Bertz CT molecular complexity index is 1210. The number of nitrogens with zero attached hydrogens (tertiary/aromatic N) is 3. The Kier molecular flexibility index (Phi) is 6.13. The second-order valence-electron chi connectivity index (χ2n) is 9.53. The molecule has 2 aliphatic rings. The largest absolute Gasteiger partial charge is 0.375 e. The summed E-state index contributed by atoms with van der Waals surface area (Å²) in [5, 5.41) is 14.7. The molecule has 3 atom stereocenters. The highest BCUT2D eigenvalue weighted by atomic mass is 32.1. The zero-order chi connectivity index (χ0) is 23.9. The number of aromatic nitrogens is 3. The summed E-state index contributed by atoms with van der Waals surface area (Å²) in [7, 11) is 0. The second-order valence-corrected chi connectivity index (χ2v) is 10.5. The lowest BCUT2D eigenvalue weighted by molar-refractivity contribution is -0.134. The van der Waals surface area contributed by atoms with E-state index in [0.717, 1.165) is 34.7 Å². The normalized spacial score (nSPS) is 24.4. The van der Waals surface area contributed by atoms with Gasteiger partial charge in [0.25, 0.3) is 5.91 Å². The SMILES string of the molecule is CC(C)c1nc2ccccc2n1Cc1nc(C(=O)N[C@@H]2C[C@@]3(CCCO3)C[C@H]2C(=O)NO)cs1. The van der Waals surface area contributed by atoms with Gasteiger partial charge < -0.3 is 14.6 Å². The third-order valence-corrected chi connectivity index (χ3v) is 7.73. The van der Waals surface area contributed by atoms with E-state index in [-0.39, 0.29) is 11.8 Å². The van der Waals surface area contributed by atoms with Crippen LogP contribution in [0.4, 0.5) is 0 Å². The number of ether oxygens (including phenoxy) is 1. The molecule has 2 amide bonds. The topological polar surface area (TPSA) is 118 Å². The highest BCUT2D eigenvalue weighted by molar-refractivity contribution is 7.09. The summed E-state index contributed by atoms with van der Waals surface area (Å²) < 4.78 is 8.09. The van der Waals surface area contributed by atoms with Crippen LogP contribution in [-0.4, -0.2) is 49.8 Å². The molecule has 3 heterocycles. The number of amides is 2. The third-order valence-electron chi connectivity index (χ3n) is 6.90. The third kappa shape index (κ3) is 4.21. The van der Waals surface area contributed by atoms with Gasteiger partial charge in [0, 0.05) is 23.9 Å². The number of nitrogens with one attached hydrogen (secondary N) is 2. The number of hydrogen-bond donors (Lipinski definition) is 3. The minimum absolute atomic E-state index is 0.247. The van der Waals surface area contributed by atoms with Crippen molar-refractivity contribution < 1.29 is 19.5 Å². The zero-order valence-electron chi connectivity index (χ0n) is 19.3. The average molecular weight is 484 g/mol. The minimum atomic E-state index is -0.545. The van der Waals surface area contributed by atoms with E-state index in [1.165, 1.54) is 11.3 Å². The van der Waals surface area contributed by atoms with Crippen molar-refractivity contribution in [1.82, 2.24) is 25.3 Å².